The van der Waals surface area contributed by atoms with Gasteiger partial charge in [-0.15, -0.1) is 0 Å². The highest BCUT2D eigenvalue weighted by Gasteiger charge is 2.41. The third kappa shape index (κ3) is 4.07. The molecule has 168 valence electrons. The maximum absolute atomic E-state index is 12.9. The van der Waals surface area contributed by atoms with E-state index in [-0.39, 0.29) is 25.0 Å². The minimum Gasteiger partial charge on any atom is -0.480 e. The van der Waals surface area contributed by atoms with E-state index in [0.29, 0.717) is 19.4 Å². The Morgan fingerprint density at radius 1 is 1.06 bits per heavy atom. The zero-order valence-electron chi connectivity index (χ0n) is 18.3. The van der Waals surface area contributed by atoms with Crippen LogP contribution in [0.5, 0.6) is 0 Å². The maximum atomic E-state index is 12.9. The van der Waals surface area contributed by atoms with E-state index in [1.165, 1.54) is 4.90 Å². The molecule has 0 bridgehead atoms. The number of ether oxygens (including phenoxy) is 1. The minimum atomic E-state index is -0.990. The van der Waals surface area contributed by atoms with E-state index in [0.717, 1.165) is 22.3 Å². The standard InChI is InChI=1S/C25H28N2O5/c1-25(2,23(30)27-13-7-12-21(27)22(28)29)15-26-24(31)32-14-20-18-10-5-3-8-16(18)17-9-4-6-11-19(17)20/h3-6,8-11,20-21H,7,12-15H2,1-2H3,(H,26,31)(H,28,29)/t21-/m1/s1. The molecule has 1 heterocycles. The van der Waals surface area contributed by atoms with E-state index in [4.69, 9.17) is 4.74 Å². The number of alkyl carbamates (subject to hydrolysis) is 1. The molecule has 1 atom stereocenters. The first-order valence-electron chi connectivity index (χ1n) is 10.9. The molecule has 0 saturated carbocycles. The molecule has 7 heteroatoms. The van der Waals surface area contributed by atoms with Gasteiger partial charge in [-0.25, -0.2) is 9.59 Å². The molecule has 0 unspecified atom stereocenters. The van der Waals surface area contributed by atoms with Crippen LogP contribution in [0.3, 0.4) is 0 Å². The van der Waals surface area contributed by atoms with Gasteiger partial charge < -0.3 is 20.1 Å². The summed E-state index contributed by atoms with van der Waals surface area (Å²) in [6.45, 7) is 4.09. The first-order valence-corrected chi connectivity index (χ1v) is 10.9. The number of carbonyl (C=O) groups excluding carboxylic acids is 2. The van der Waals surface area contributed by atoms with Crippen LogP contribution in [-0.4, -0.2) is 53.7 Å². The van der Waals surface area contributed by atoms with Crippen molar-refractivity contribution in [2.24, 2.45) is 5.41 Å². The Morgan fingerprint density at radius 2 is 1.66 bits per heavy atom. The third-order valence-electron chi connectivity index (χ3n) is 6.40. The van der Waals surface area contributed by atoms with Gasteiger partial charge in [-0.2, -0.15) is 0 Å². The van der Waals surface area contributed by atoms with Crippen molar-refractivity contribution in [1.29, 1.82) is 0 Å². The number of aliphatic carboxylic acids is 1. The Balaban J connectivity index is 1.36. The summed E-state index contributed by atoms with van der Waals surface area (Å²) >= 11 is 0. The number of carboxylic acids is 1. The van der Waals surface area contributed by atoms with Crippen molar-refractivity contribution in [3.63, 3.8) is 0 Å². The Morgan fingerprint density at radius 3 is 2.25 bits per heavy atom. The number of carbonyl (C=O) groups is 3. The van der Waals surface area contributed by atoms with Crippen molar-refractivity contribution in [2.45, 2.75) is 38.6 Å². The van der Waals surface area contributed by atoms with Crippen molar-refractivity contribution < 1.29 is 24.2 Å². The fourth-order valence-electron chi connectivity index (χ4n) is 4.67. The molecule has 2 aromatic carbocycles. The molecule has 2 amide bonds. The van der Waals surface area contributed by atoms with Crippen molar-refractivity contribution >= 4 is 18.0 Å². The summed E-state index contributed by atoms with van der Waals surface area (Å²) < 4.78 is 5.53. The largest absolute Gasteiger partial charge is 0.480 e. The number of likely N-dealkylation sites (tertiary alicyclic amines) is 1. The summed E-state index contributed by atoms with van der Waals surface area (Å²) in [5.74, 6) is -1.30. The van der Waals surface area contributed by atoms with Crippen LogP contribution in [-0.2, 0) is 14.3 Å². The normalized spacial score (nSPS) is 17.6. The summed E-state index contributed by atoms with van der Waals surface area (Å²) in [4.78, 5) is 38.2. The smallest absolute Gasteiger partial charge is 0.407 e. The molecule has 2 N–H and O–H groups in total. The monoisotopic (exact) mass is 436 g/mol. The first-order chi connectivity index (χ1) is 15.3. The number of benzene rings is 2. The molecule has 2 aliphatic rings. The topological polar surface area (TPSA) is 95.9 Å². The van der Waals surface area contributed by atoms with Gasteiger partial charge in [0.05, 0.1) is 5.41 Å². The highest BCUT2D eigenvalue weighted by atomic mass is 16.5. The molecule has 1 aliphatic carbocycles. The summed E-state index contributed by atoms with van der Waals surface area (Å²) in [6, 6.07) is 15.4. The quantitative estimate of drug-likeness (QED) is 0.721. The molecule has 0 aromatic heterocycles. The van der Waals surface area contributed by atoms with Crippen LogP contribution in [0, 0.1) is 5.41 Å². The van der Waals surface area contributed by atoms with Crippen molar-refractivity contribution in [2.75, 3.05) is 19.7 Å². The van der Waals surface area contributed by atoms with E-state index in [1.807, 2.05) is 24.3 Å². The van der Waals surface area contributed by atoms with E-state index < -0.39 is 23.5 Å². The van der Waals surface area contributed by atoms with Crippen LogP contribution >= 0.6 is 0 Å². The van der Waals surface area contributed by atoms with Crippen molar-refractivity contribution in [1.82, 2.24) is 10.2 Å². The average Bonchev–Trinajstić information content (AvgIpc) is 3.39. The number of carboxylic acid groups (broad SMARTS) is 1. The summed E-state index contributed by atoms with van der Waals surface area (Å²) in [6.07, 6.45) is 0.527. The Labute approximate surface area is 187 Å². The number of hydrogen-bond acceptors (Lipinski definition) is 4. The second-order valence-electron chi connectivity index (χ2n) is 9.06. The van der Waals surface area contributed by atoms with Gasteiger partial charge in [-0.3, -0.25) is 4.79 Å². The van der Waals surface area contributed by atoms with Gasteiger partial charge in [0.2, 0.25) is 5.91 Å². The molecule has 2 aromatic rings. The molecular formula is C25H28N2O5. The lowest BCUT2D eigenvalue weighted by atomic mass is 9.91. The van der Waals surface area contributed by atoms with Gasteiger partial charge in [0.1, 0.15) is 12.6 Å². The van der Waals surface area contributed by atoms with Gasteiger partial charge in [-0.05, 0) is 48.9 Å². The van der Waals surface area contributed by atoms with Gasteiger partial charge in [0.25, 0.3) is 0 Å². The van der Waals surface area contributed by atoms with Crippen LogP contribution < -0.4 is 5.32 Å². The van der Waals surface area contributed by atoms with Crippen molar-refractivity contribution in [3.05, 3.63) is 59.7 Å². The molecule has 1 fully saturated rings. The summed E-state index contributed by atoms with van der Waals surface area (Å²) in [5.41, 5.74) is 3.63. The first kappa shape index (κ1) is 21.9. The lowest BCUT2D eigenvalue weighted by Gasteiger charge is -2.31. The van der Waals surface area contributed by atoms with E-state index in [9.17, 15) is 19.5 Å². The van der Waals surface area contributed by atoms with Crippen LogP contribution in [0.1, 0.15) is 43.7 Å². The number of nitrogens with zero attached hydrogens (tertiary/aromatic N) is 1. The number of nitrogens with one attached hydrogen (secondary N) is 1. The number of fused-ring (bicyclic) bond motifs is 3. The van der Waals surface area contributed by atoms with Crippen LogP contribution in [0.25, 0.3) is 11.1 Å². The highest BCUT2D eigenvalue weighted by Crippen LogP contribution is 2.44. The number of rotatable bonds is 6. The fourth-order valence-corrected chi connectivity index (χ4v) is 4.67. The lowest BCUT2D eigenvalue weighted by Crippen LogP contribution is -2.50. The lowest BCUT2D eigenvalue weighted by molar-refractivity contribution is -0.152. The second-order valence-corrected chi connectivity index (χ2v) is 9.06. The molecule has 0 spiro atoms. The predicted octanol–water partition coefficient (Wildman–Crippen LogP) is 3.63. The average molecular weight is 437 g/mol. The minimum absolute atomic E-state index is 0.0382. The molecule has 4 rings (SSSR count). The zero-order valence-corrected chi connectivity index (χ0v) is 18.3. The van der Waals surface area contributed by atoms with Gasteiger partial charge >= 0.3 is 12.1 Å². The Hall–Kier alpha value is -3.35. The van der Waals surface area contributed by atoms with Gasteiger partial charge in [0.15, 0.2) is 0 Å². The molecule has 7 nitrogen and oxygen atoms in total. The molecule has 1 aliphatic heterocycles. The predicted molar refractivity (Wildman–Crippen MR) is 119 cm³/mol. The highest BCUT2D eigenvalue weighted by molar-refractivity contribution is 5.88. The van der Waals surface area contributed by atoms with E-state index in [1.54, 1.807) is 13.8 Å². The maximum Gasteiger partial charge on any atom is 0.407 e. The second kappa shape index (κ2) is 8.65. The fraction of sp³-hybridized carbons (Fsp3) is 0.400. The van der Waals surface area contributed by atoms with E-state index >= 15 is 0 Å². The summed E-state index contributed by atoms with van der Waals surface area (Å²) in [5, 5.41) is 12.0. The molecular weight excluding hydrogens is 408 g/mol. The summed E-state index contributed by atoms with van der Waals surface area (Å²) in [7, 11) is 0. The van der Waals surface area contributed by atoms with Crippen LogP contribution in [0.15, 0.2) is 48.5 Å². The molecule has 1 saturated heterocycles. The van der Waals surface area contributed by atoms with Gasteiger partial charge in [-0.1, -0.05) is 48.5 Å². The van der Waals surface area contributed by atoms with Crippen LogP contribution in [0.2, 0.25) is 0 Å². The number of hydrogen-bond donors (Lipinski definition) is 2. The molecule has 0 radical (unpaired) electrons. The Kier molecular flexibility index (Phi) is 5.91. The van der Waals surface area contributed by atoms with E-state index in [2.05, 4.69) is 29.6 Å². The van der Waals surface area contributed by atoms with Crippen LogP contribution in [0.4, 0.5) is 4.79 Å². The SMILES string of the molecule is CC(C)(CNC(=O)OCC1c2ccccc2-c2ccccc21)C(=O)N1CCC[C@@H]1C(=O)O. The molecule has 32 heavy (non-hydrogen) atoms. The van der Waals surface area contributed by atoms with Crippen molar-refractivity contribution in [3.8, 4) is 11.1 Å². The zero-order chi connectivity index (χ0) is 22.9. The van der Waals surface area contributed by atoms with Gasteiger partial charge in [0, 0.05) is 19.0 Å². The Bertz CT molecular complexity index is 1000. The third-order valence-corrected chi connectivity index (χ3v) is 6.40. The number of amides is 2.